The molecule has 3 heteroatoms. The minimum Gasteiger partial charge on any atom is -0.462 e. The van der Waals surface area contributed by atoms with Gasteiger partial charge in [-0.3, -0.25) is 4.79 Å². The molecule has 3 nitrogen and oxygen atoms in total. The van der Waals surface area contributed by atoms with Gasteiger partial charge in [0.2, 0.25) is 5.91 Å². The molecule has 0 fully saturated rings. The van der Waals surface area contributed by atoms with Crippen LogP contribution in [0.5, 0.6) is 0 Å². The van der Waals surface area contributed by atoms with Gasteiger partial charge in [0.15, 0.2) is 0 Å². The lowest BCUT2D eigenvalue weighted by atomic mass is 10.2. The Morgan fingerprint density at radius 1 is 1.60 bits per heavy atom. The number of hydrogen-bond acceptors (Lipinski definition) is 2. The summed E-state index contributed by atoms with van der Waals surface area (Å²) in [6.45, 7) is 5.88. The van der Waals surface area contributed by atoms with E-state index >= 15 is 0 Å². The molecule has 0 bridgehead atoms. The third-order valence-corrected chi connectivity index (χ3v) is 2.16. The zero-order chi connectivity index (χ0) is 11.3. The van der Waals surface area contributed by atoms with E-state index in [1.54, 1.807) is 6.08 Å². The molecule has 1 atom stereocenters. The highest BCUT2D eigenvalue weighted by Crippen LogP contribution is 2.07. The average molecular weight is 207 g/mol. The Labute approximate surface area is 90.2 Å². The van der Waals surface area contributed by atoms with Gasteiger partial charge in [0.1, 0.15) is 11.5 Å². The fourth-order valence-corrected chi connectivity index (χ4v) is 1.09. The van der Waals surface area contributed by atoms with Crippen LogP contribution in [0.4, 0.5) is 0 Å². The second-order valence-corrected chi connectivity index (χ2v) is 3.60. The van der Waals surface area contributed by atoms with Crippen molar-refractivity contribution in [2.45, 2.75) is 33.2 Å². The quantitative estimate of drug-likeness (QED) is 0.771. The molecule has 0 unspecified atom stereocenters. The van der Waals surface area contributed by atoms with Crippen LogP contribution in [-0.2, 0) is 4.79 Å². The number of carbonyl (C=O) groups is 1. The summed E-state index contributed by atoms with van der Waals surface area (Å²) >= 11 is 0. The van der Waals surface area contributed by atoms with Crippen molar-refractivity contribution in [1.29, 1.82) is 0 Å². The van der Waals surface area contributed by atoms with E-state index in [4.69, 9.17) is 4.42 Å². The molecule has 0 saturated carbocycles. The lowest BCUT2D eigenvalue weighted by Gasteiger charge is -2.08. The van der Waals surface area contributed by atoms with E-state index in [1.807, 2.05) is 32.9 Å². The molecule has 0 radical (unpaired) electrons. The first kappa shape index (κ1) is 11.6. The van der Waals surface area contributed by atoms with Gasteiger partial charge < -0.3 is 9.73 Å². The number of carbonyl (C=O) groups excluding carboxylic acids is 1. The Bertz CT molecular complexity index is 352. The highest BCUT2D eigenvalue weighted by Gasteiger charge is 2.01. The molecule has 0 aliphatic carbocycles. The van der Waals surface area contributed by atoms with E-state index in [9.17, 15) is 4.79 Å². The second kappa shape index (κ2) is 5.39. The molecule has 15 heavy (non-hydrogen) atoms. The Balaban J connectivity index is 2.47. The topological polar surface area (TPSA) is 42.2 Å². The third-order valence-electron chi connectivity index (χ3n) is 2.16. The lowest BCUT2D eigenvalue weighted by Crippen LogP contribution is -2.30. The molecule has 1 heterocycles. The van der Waals surface area contributed by atoms with Crippen LogP contribution in [0.25, 0.3) is 6.08 Å². The number of hydrogen-bond donors (Lipinski definition) is 1. The third kappa shape index (κ3) is 4.02. The molecule has 1 aromatic rings. The van der Waals surface area contributed by atoms with Gasteiger partial charge in [-0.25, -0.2) is 0 Å². The van der Waals surface area contributed by atoms with Crippen molar-refractivity contribution in [3.63, 3.8) is 0 Å². The van der Waals surface area contributed by atoms with Gasteiger partial charge in [0.05, 0.1) is 0 Å². The van der Waals surface area contributed by atoms with Crippen molar-refractivity contribution in [3.05, 3.63) is 29.7 Å². The van der Waals surface area contributed by atoms with Crippen molar-refractivity contribution >= 4 is 12.0 Å². The highest BCUT2D eigenvalue weighted by molar-refractivity contribution is 5.91. The van der Waals surface area contributed by atoms with E-state index in [2.05, 4.69) is 5.32 Å². The van der Waals surface area contributed by atoms with Crippen LogP contribution in [0, 0.1) is 6.92 Å². The lowest BCUT2D eigenvalue weighted by molar-refractivity contribution is -0.117. The van der Waals surface area contributed by atoms with Crippen LogP contribution in [0.1, 0.15) is 31.8 Å². The number of amides is 1. The van der Waals surface area contributed by atoms with E-state index in [0.717, 1.165) is 12.2 Å². The van der Waals surface area contributed by atoms with Crippen molar-refractivity contribution in [1.82, 2.24) is 5.32 Å². The van der Waals surface area contributed by atoms with Crippen molar-refractivity contribution in [3.8, 4) is 0 Å². The van der Waals surface area contributed by atoms with Crippen molar-refractivity contribution < 1.29 is 9.21 Å². The Morgan fingerprint density at radius 2 is 2.33 bits per heavy atom. The highest BCUT2D eigenvalue weighted by atomic mass is 16.3. The summed E-state index contributed by atoms with van der Waals surface area (Å²) in [5, 5.41) is 2.84. The van der Waals surface area contributed by atoms with Crippen LogP contribution in [0.2, 0.25) is 0 Å². The van der Waals surface area contributed by atoms with Crippen LogP contribution in [0.3, 0.4) is 0 Å². The Hall–Kier alpha value is -1.51. The fourth-order valence-electron chi connectivity index (χ4n) is 1.09. The van der Waals surface area contributed by atoms with Gasteiger partial charge >= 0.3 is 0 Å². The summed E-state index contributed by atoms with van der Waals surface area (Å²) in [5.41, 5.74) is 0. The number of aryl methyl sites for hydroxylation is 1. The second-order valence-electron chi connectivity index (χ2n) is 3.60. The van der Waals surface area contributed by atoms with Crippen LogP contribution in [0.15, 0.2) is 22.6 Å². The molecule has 1 amide bonds. The standard InChI is InChI=1S/C12H17NO2/c1-4-9(2)13-12(14)8-7-11-6-5-10(3)15-11/h5-9H,4H2,1-3H3,(H,13,14)/b8-7-/t9-/m0/s1. The maximum atomic E-state index is 11.4. The predicted octanol–water partition coefficient (Wildman–Crippen LogP) is 2.52. The van der Waals surface area contributed by atoms with Crippen molar-refractivity contribution in [2.75, 3.05) is 0 Å². The molecule has 1 aromatic heterocycles. The first-order valence-electron chi connectivity index (χ1n) is 5.17. The zero-order valence-corrected chi connectivity index (χ0v) is 9.41. The van der Waals surface area contributed by atoms with Gasteiger partial charge in [0, 0.05) is 12.1 Å². The normalized spacial score (nSPS) is 13.0. The summed E-state index contributed by atoms with van der Waals surface area (Å²) in [6, 6.07) is 3.91. The summed E-state index contributed by atoms with van der Waals surface area (Å²) in [6.07, 6.45) is 4.09. The number of furan rings is 1. The van der Waals surface area contributed by atoms with Crippen LogP contribution in [-0.4, -0.2) is 11.9 Å². The average Bonchev–Trinajstić information content (AvgIpc) is 2.61. The summed E-state index contributed by atoms with van der Waals surface area (Å²) in [4.78, 5) is 11.4. The van der Waals surface area contributed by atoms with E-state index in [-0.39, 0.29) is 11.9 Å². The SMILES string of the molecule is CC[C@H](C)NC(=O)/C=C\c1ccc(C)o1. The molecular weight excluding hydrogens is 190 g/mol. The van der Waals surface area contributed by atoms with Gasteiger partial charge in [-0.15, -0.1) is 0 Å². The molecule has 0 aliphatic rings. The summed E-state index contributed by atoms with van der Waals surface area (Å²) < 4.78 is 5.30. The van der Waals surface area contributed by atoms with Gasteiger partial charge in [-0.05, 0) is 38.5 Å². The van der Waals surface area contributed by atoms with Crippen LogP contribution >= 0.6 is 0 Å². The first-order valence-corrected chi connectivity index (χ1v) is 5.17. The summed E-state index contributed by atoms with van der Waals surface area (Å²) in [5.74, 6) is 1.46. The van der Waals surface area contributed by atoms with Gasteiger partial charge in [-0.2, -0.15) is 0 Å². The van der Waals surface area contributed by atoms with E-state index in [1.165, 1.54) is 6.08 Å². The molecule has 0 saturated heterocycles. The molecule has 82 valence electrons. The largest absolute Gasteiger partial charge is 0.462 e. The summed E-state index contributed by atoms with van der Waals surface area (Å²) in [7, 11) is 0. The maximum absolute atomic E-state index is 11.4. The zero-order valence-electron chi connectivity index (χ0n) is 9.41. The Morgan fingerprint density at radius 3 is 2.87 bits per heavy atom. The number of nitrogens with one attached hydrogen (secondary N) is 1. The van der Waals surface area contributed by atoms with E-state index < -0.39 is 0 Å². The minimum atomic E-state index is -0.0848. The molecular formula is C12H17NO2. The van der Waals surface area contributed by atoms with Crippen LogP contribution < -0.4 is 5.32 Å². The van der Waals surface area contributed by atoms with Gasteiger partial charge in [0.25, 0.3) is 0 Å². The van der Waals surface area contributed by atoms with Gasteiger partial charge in [-0.1, -0.05) is 6.92 Å². The molecule has 0 aromatic carbocycles. The molecule has 1 N–H and O–H groups in total. The smallest absolute Gasteiger partial charge is 0.244 e. The molecule has 1 rings (SSSR count). The Kier molecular flexibility index (Phi) is 4.16. The predicted molar refractivity (Wildman–Crippen MR) is 60.4 cm³/mol. The van der Waals surface area contributed by atoms with Crippen molar-refractivity contribution in [2.24, 2.45) is 0 Å². The number of rotatable bonds is 4. The minimum absolute atomic E-state index is 0.0848. The molecule has 0 spiro atoms. The first-order chi connectivity index (χ1) is 7.11. The van der Waals surface area contributed by atoms with E-state index in [0.29, 0.717) is 5.76 Å². The maximum Gasteiger partial charge on any atom is 0.244 e. The molecule has 0 aliphatic heterocycles. The fraction of sp³-hybridized carbons (Fsp3) is 0.417. The monoisotopic (exact) mass is 207 g/mol.